The van der Waals surface area contributed by atoms with E-state index in [0.717, 1.165) is 10.6 Å². The summed E-state index contributed by atoms with van der Waals surface area (Å²) in [6.07, 6.45) is 2.06. The van der Waals surface area contributed by atoms with Gasteiger partial charge in [-0.3, -0.25) is 9.89 Å². The number of aromatic amines is 1. The number of nitrogens with zero attached hydrogens (tertiary/aromatic N) is 4. The fourth-order valence-electron chi connectivity index (χ4n) is 3.03. The smallest absolute Gasteiger partial charge is 0.274 e. The van der Waals surface area contributed by atoms with Crippen LogP contribution in [0.2, 0.25) is 0 Å². The summed E-state index contributed by atoms with van der Waals surface area (Å²) in [5, 5.41) is 9.00. The Balaban J connectivity index is 1.41. The highest BCUT2D eigenvalue weighted by Gasteiger charge is 2.30. The molecule has 9 heteroatoms. The fourth-order valence-corrected chi connectivity index (χ4v) is 3.73. The lowest BCUT2D eigenvalue weighted by Crippen LogP contribution is -2.31. The number of carbonyl (C=O) groups excluding carboxylic acids is 1. The standard InChI is InChI=1S/C18H18FN5O2S/c1-2-12-16(19)17(21-10-20-12)26-11-5-6-24(9-11)18(25)14-8-13(22-23-14)15-4-3-7-27-15/h3-4,7-8,10-11H,2,5-6,9H2,1H3,(H,22,23)/t11-/m0/s1. The SMILES string of the molecule is CCc1ncnc(O[C@H]2CCN(C(=O)c3cc(-c4cccs4)[nH]n3)C2)c1F. The number of thiophene rings is 1. The number of aryl methyl sites for hydroxylation is 1. The normalized spacial score (nSPS) is 16.7. The molecule has 3 aromatic rings. The van der Waals surface area contributed by atoms with E-state index < -0.39 is 5.82 Å². The van der Waals surface area contributed by atoms with Crippen LogP contribution in [-0.4, -0.2) is 50.2 Å². The second-order valence-corrected chi connectivity index (χ2v) is 7.16. The van der Waals surface area contributed by atoms with Crippen molar-refractivity contribution in [2.24, 2.45) is 0 Å². The summed E-state index contributed by atoms with van der Waals surface area (Å²) in [6.45, 7) is 2.71. The van der Waals surface area contributed by atoms with Crippen molar-refractivity contribution in [3.05, 3.63) is 47.1 Å². The fraction of sp³-hybridized carbons (Fsp3) is 0.333. The molecule has 1 amide bonds. The molecule has 0 aromatic carbocycles. The van der Waals surface area contributed by atoms with Gasteiger partial charge in [-0.1, -0.05) is 13.0 Å². The van der Waals surface area contributed by atoms with Crippen LogP contribution in [0, 0.1) is 5.82 Å². The number of hydrogen-bond acceptors (Lipinski definition) is 6. The van der Waals surface area contributed by atoms with Gasteiger partial charge in [0.2, 0.25) is 5.82 Å². The molecule has 4 rings (SSSR count). The number of H-pyrrole nitrogens is 1. The molecule has 4 heterocycles. The van der Waals surface area contributed by atoms with E-state index in [1.165, 1.54) is 6.33 Å². The van der Waals surface area contributed by atoms with Crippen molar-refractivity contribution >= 4 is 17.2 Å². The lowest BCUT2D eigenvalue weighted by molar-refractivity contribution is 0.0764. The Morgan fingerprint density at radius 3 is 3.15 bits per heavy atom. The van der Waals surface area contributed by atoms with Crippen molar-refractivity contribution in [2.45, 2.75) is 25.9 Å². The van der Waals surface area contributed by atoms with Gasteiger partial charge in [0, 0.05) is 13.0 Å². The molecule has 27 heavy (non-hydrogen) atoms. The molecular weight excluding hydrogens is 369 g/mol. The Labute approximate surface area is 159 Å². The van der Waals surface area contributed by atoms with E-state index in [0.29, 0.717) is 37.3 Å². The van der Waals surface area contributed by atoms with Gasteiger partial charge in [-0.25, -0.2) is 4.98 Å². The minimum atomic E-state index is -0.530. The highest BCUT2D eigenvalue weighted by molar-refractivity contribution is 7.13. The number of carbonyl (C=O) groups is 1. The van der Waals surface area contributed by atoms with Gasteiger partial charge in [0.15, 0.2) is 5.69 Å². The van der Waals surface area contributed by atoms with Gasteiger partial charge < -0.3 is 9.64 Å². The maximum absolute atomic E-state index is 14.2. The van der Waals surface area contributed by atoms with Crippen LogP contribution in [0.25, 0.3) is 10.6 Å². The Morgan fingerprint density at radius 2 is 2.37 bits per heavy atom. The predicted molar refractivity (Wildman–Crippen MR) is 98.2 cm³/mol. The lowest BCUT2D eigenvalue weighted by atomic mass is 10.3. The molecule has 1 aliphatic rings. The van der Waals surface area contributed by atoms with E-state index >= 15 is 0 Å². The van der Waals surface area contributed by atoms with Crippen LogP contribution in [0.3, 0.4) is 0 Å². The van der Waals surface area contributed by atoms with Gasteiger partial charge in [0.1, 0.15) is 12.4 Å². The molecule has 1 N–H and O–H groups in total. The topological polar surface area (TPSA) is 84.0 Å². The first kappa shape index (κ1) is 17.6. The van der Waals surface area contributed by atoms with Crippen molar-refractivity contribution in [1.82, 2.24) is 25.1 Å². The first-order chi connectivity index (χ1) is 13.2. The van der Waals surface area contributed by atoms with E-state index in [2.05, 4.69) is 20.2 Å². The highest BCUT2D eigenvalue weighted by Crippen LogP contribution is 2.25. The molecule has 7 nitrogen and oxygen atoms in total. The number of nitrogens with one attached hydrogen (secondary N) is 1. The summed E-state index contributed by atoms with van der Waals surface area (Å²) in [5.41, 5.74) is 1.50. The maximum atomic E-state index is 14.2. The van der Waals surface area contributed by atoms with Gasteiger partial charge in [-0.2, -0.15) is 14.5 Å². The Bertz CT molecular complexity index is 943. The molecule has 0 saturated carbocycles. The van der Waals surface area contributed by atoms with Crippen molar-refractivity contribution in [2.75, 3.05) is 13.1 Å². The van der Waals surface area contributed by atoms with Crippen LogP contribution in [0.4, 0.5) is 4.39 Å². The number of rotatable bonds is 5. The van der Waals surface area contributed by atoms with Crippen molar-refractivity contribution < 1.29 is 13.9 Å². The van der Waals surface area contributed by atoms with Crippen molar-refractivity contribution in [1.29, 1.82) is 0 Å². The molecular formula is C18H18FN5O2S. The minimum absolute atomic E-state index is 0.0547. The van der Waals surface area contributed by atoms with Crippen LogP contribution in [0.5, 0.6) is 5.88 Å². The van der Waals surface area contributed by atoms with Crippen LogP contribution in [0.15, 0.2) is 29.9 Å². The molecule has 1 fully saturated rings. The monoisotopic (exact) mass is 387 g/mol. The quantitative estimate of drug-likeness (QED) is 0.728. The lowest BCUT2D eigenvalue weighted by Gasteiger charge is -2.16. The molecule has 1 saturated heterocycles. The molecule has 3 aromatic heterocycles. The van der Waals surface area contributed by atoms with E-state index in [4.69, 9.17) is 4.74 Å². The molecule has 140 valence electrons. The Hall–Kier alpha value is -2.81. The number of halogens is 1. The zero-order valence-corrected chi connectivity index (χ0v) is 15.5. The number of likely N-dealkylation sites (tertiary alicyclic amines) is 1. The summed E-state index contributed by atoms with van der Waals surface area (Å²) >= 11 is 1.58. The average Bonchev–Trinajstić information content (AvgIpc) is 3.43. The van der Waals surface area contributed by atoms with E-state index in [1.54, 1.807) is 22.3 Å². The number of amides is 1. The Kier molecular flexibility index (Phi) is 4.85. The second-order valence-electron chi connectivity index (χ2n) is 6.22. The van der Waals surface area contributed by atoms with Gasteiger partial charge in [-0.15, -0.1) is 11.3 Å². The first-order valence-corrected chi connectivity index (χ1v) is 9.58. The third-order valence-corrected chi connectivity index (χ3v) is 5.36. The maximum Gasteiger partial charge on any atom is 0.274 e. The summed E-state index contributed by atoms with van der Waals surface area (Å²) in [7, 11) is 0. The molecule has 1 aliphatic heterocycles. The molecule has 0 radical (unpaired) electrons. The average molecular weight is 387 g/mol. The van der Waals surface area contributed by atoms with Gasteiger partial charge in [0.05, 0.1) is 22.8 Å². The van der Waals surface area contributed by atoms with Gasteiger partial charge >= 0.3 is 0 Å². The summed E-state index contributed by atoms with van der Waals surface area (Å²) < 4.78 is 19.9. The molecule has 0 aliphatic carbocycles. The van der Waals surface area contributed by atoms with Gasteiger partial charge in [0.25, 0.3) is 11.8 Å². The molecule has 0 unspecified atom stereocenters. The number of hydrogen-bond donors (Lipinski definition) is 1. The van der Waals surface area contributed by atoms with Crippen molar-refractivity contribution in [3.8, 4) is 16.5 Å². The third kappa shape index (κ3) is 3.55. The number of ether oxygens (including phenoxy) is 1. The van der Waals surface area contributed by atoms with E-state index in [9.17, 15) is 9.18 Å². The highest BCUT2D eigenvalue weighted by atomic mass is 32.1. The van der Waals surface area contributed by atoms with E-state index in [1.807, 2.05) is 24.4 Å². The summed E-state index contributed by atoms with van der Waals surface area (Å²) in [6, 6.07) is 5.66. The Morgan fingerprint density at radius 1 is 1.48 bits per heavy atom. The van der Waals surface area contributed by atoms with Crippen LogP contribution in [0.1, 0.15) is 29.5 Å². The zero-order chi connectivity index (χ0) is 18.8. The van der Waals surface area contributed by atoms with Gasteiger partial charge in [-0.05, 0) is 23.9 Å². The molecule has 0 spiro atoms. The van der Waals surface area contributed by atoms with Crippen LogP contribution < -0.4 is 4.74 Å². The second kappa shape index (κ2) is 7.43. The summed E-state index contributed by atoms with van der Waals surface area (Å²) in [4.78, 5) is 23.2. The molecule has 1 atom stereocenters. The van der Waals surface area contributed by atoms with E-state index in [-0.39, 0.29) is 17.9 Å². The minimum Gasteiger partial charge on any atom is -0.470 e. The van der Waals surface area contributed by atoms with Crippen molar-refractivity contribution in [3.63, 3.8) is 0 Å². The molecule has 0 bridgehead atoms. The summed E-state index contributed by atoms with van der Waals surface area (Å²) in [5.74, 6) is -0.754. The largest absolute Gasteiger partial charge is 0.470 e. The first-order valence-electron chi connectivity index (χ1n) is 8.70. The zero-order valence-electron chi connectivity index (χ0n) is 14.7. The predicted octanol–water partition coefficient (Wildman–Crippen LogP) is 2.92. The van der Waals surface area contributed by atoms with Crippen LogP contribution in [-0.2, 0) is 6.42 Å². The number of aromatic nitrogens is 4. The third-order valence-electron chi connectivity index (χ3n) is 4.46. The van der Waals surface area contributed by atoms with Crippen LogP contribution >= 0.6 is 11.3 Å².